The maximum absolute atomic E-state index is 15.3. The lowest BCUT2D eigenvalue weighted by atomic mass is 10.0. The van der Waals surface area contributed by atoms with E-state index in [9.17, 15) is 22.8 Å². The van der Waals surface area contributed by atoms with E-state index in [-0.39, 0.29) is 45.3 Å². The fourth-order valence-corrected chi connectivity index (χ4v) is 4.57. The highest BCUT2D eigenvalue weighted by atomic mass is 35.5. The Morgan fingerprint density at radius 2 is 1.84 bits per heavy atom. The molecule has 0 aliphatic heterocycles. The van der Waals surface area contributed by atoms with E-state index >= 15 is 4.39 Å². The molecule has 0 aliphatic rings. The summed E-state index contributed by atoms with van der Waals surface area (Å²) in [4.78, 5) is 7.16. The largest absolute Gasteiger partial charge is 0.618 e. The first-order valence-electron chi connectivity index (χ1n) is 12.1. The Kier molecular flexibility index (Phi) is 7.01. The van der Waals surface area contributed by atoms with Crippen molar-refractivity contribution in [2.24, 2.45) is 0 Å². The number of hydrogen-bond donors (Lipinski definition) is 0. The molecule has 12 nitrogen and oxygen atoms in total. The zero-order chi connectivity index (χ0) is 30.3. The van der Waals surface area contributed by atoms with E-state index in [4.69, 9.17) is 11.6 Å². The van der Waals surface area contributed by atoms with Crippen LogP contribution in [-0.2, 0) is 12.7 Å². The summed E-state index contributed by atoms with van der Waals surface area (Å²) >= 11 is 6.03. The molecule has 0 radical (unpaired) electrons. The van der Waals surface area contributed by atoms with Gasteiger partial charge in [-0.25, -0.2) is 18.7 Å². The van der Waals surface area contributed by atoms with Gasteiger partial charge in [-0.3, -0.25) is 9.36 Å². The quantitative estimate of drug-likeness (QED) is 0.149. The molecular weight excluding hydrogens is 601 g/mol. The highest BCUT2D eigenvalue weighted by Crippen LogP contribution is 2.34. The Morgan fingerprint density at radius 1 is 1.00 bits per heavy atom. The van der Waals surface area contributed by atoms with Crippen LogP contribution in [0.1, 0.15) is 17.4 Å². The number of pyridine rings is 1. The molecular formula is C25H15ClF5N11O. The molecule has 6 rings (SSSR count). The van der Waals surface area contributed by atoms with Crippen LogP contribution in [0.5, 0.6) is 0 Å². The van der Waals surface area contributed by atoms with Crippen LogP contribution in [0.3, 0.4) is 0 Å². The summed E-state index contributed by atoms with van der Waals surface area (Å²) in [6.45, 7) is -0.106. The Labute approximate surface area is 242 Å². The molecule has 218 valence electrons. The predicted molar refractivity (Wildman–Crippen MR) is 137 cm³/mol. The predicted octanol–water partition coefficient (Wildman–Crippen LogP) is 4.05. The van der Waals surface area contributed by atoms with Crippen LogP contribution < -0.4 is 4.73 Å². The molecule has 18 heteroatoms. The third-order valence-corrected chi connectivity index (χ3v) is 6.67. The van der Waals surface area contributed by atoms with Crippen LogP contribution in [0.15, 0.2) is 74.0 Å². The monoisotopic (exact) mass is 615 g/mol. The van der Waals surface area contributed by atoms with Gasteiger partial charge in [0.15, 0.2) is 23.9 Å². The minimum atomic E-state index is -4.69. The van der Waals surface area contributed by atoms with Gasteiger partial charge in [0, 0.05) is 17.8 Å². The standard InChI is InChI=1S/C25H15ClF5N11O/c26-17-2-4-20(41-13-34-37-38-41)23(24(17)28)14-1-3-19(42(43)9-14)21(11-39-10-16(27)7-35-39)40-8-15(6-36-40)18-5-22(25(29,30)31)33-12-32-18/h1-10,12-13,21H,11H2. The molecule has 0 spiro atoms. The van der Waals surface area contributed by atoms with Crippen molar-refractivity contribution in [3.63, 3.8) is 0 Å². The topological polar surface area (TPSA) is 132 Å². The molecule has 1 atom stereocenters. The van der Waals surface area contributed by atoms with Crippen LogP contribution in [0.4, 0.5) is 22.0 Å². The number of halogens is 6. The molecule has 1 unspecified atom stereocenters. The molecule has 0 aliphatic carbocycles. The SMILES string of the molecule is [O-][n+]1cc(-c2c(-n3cnnn3)ccc(Cl)c2F)ccc1C(Cn1cc(F)cn1)n1cc(-c2cc(C(F)(F)F)ncn2)cn1. The second kappa shape index (κ2) is 10.8. The summed E-state index contributed by atoms with van der Waals surface area (Å²) in [5.74, 6) is -1.44. The first-order valence-corrected chi connectivity index (χ1v) is 12.5. The van der Waals surface area contributed by atoms with Crippen molar-refractivity contribution in [1.29, 1.82) is 0 Å². The summed E-state index contributed by atoms with van der Waals surface area (Å²) in [6.07, 6.45) is 3.17. The average Bonchev–Trinajstić information content (AvgIpc) is 3.76. The lowest BCUT2D eigenvalue weighted by Gasteiger charge is -2.18. The Morgan fingerprint density at radius 3 is 2.53 bits per heavy atom. The maximum atomic E-state index is 15.3. The Hall–Kier alpha value is -5.32. The highest BCUT2D eigenvalue weighted by molar-refractivity contribution is 6.31. The van der Waals surface area contributed by atoms with Gasteiger partial charge in [0.2, 0.25) is 5.69 Å². The number of rotatable bonds is 7. The van der Waals surface area contributed by atoms with E-state index in [0.717, 1.165) is 31.0 Å². The van der Waals surface area contributed by atoms with Crippen molar-refractivity contribution >= 4 is 11.6 Å². The van der Waals surface area contributed by atoms with Crippen molar-refractivity contribution in [3.05, 3.63) is 107 Å². The van der Waals surface area contributed by atoms with Gasteiger partial charge < -0.3 is 5.21 Å². The van der Waals surface area contributed by atoms with Gasteiger partial charge in [-0.15, -0.1) is 5.10 Å². The molecule has 6 aromatic rings. The van der Waals surface area contributed by atoms with Crippen LogP contribution >= 0.6 is 11.6 Å². The smallest absolute Gasteiger partial charge is 0.433 e. The lowest BCUT2D eigenvalue weighted by Crippen LogP contribution is -2.37. The number of alkyl halides is 3. The number of nitrogens with zero attached hydrogens (tertiary/aromatic N) is 11. The third kappa shape index (κ3) is 5.49. The van der Waals surface area contributed by atoms with Crippen molar-refractivity contribution < 1.29 is 26.7 Å². The zero-order valence-electron chi connectivity index (χ0n) is 21.3. The molecule has 5 aromatic heterocycles. The first kappa shape index (κ1) is 27.8. The van der Waals surface area contributed by atoms with Crippen LogP contribution in [0.25, 0.3) is 28.1 Å². The average molecular weight is 616 g/mol. The summed E-state index contributed by atoms with van der Waals surface area (Å²) < 4.78 is 72.9. The number of benzene rings is 1. The zero-order valence-corrected chi connectivity index (χ0v) is 22.1. The minimum Gasteiger partial charge on any atom is -0.618 e. The van der Waals surface area contributed by atoms with Crippen molar-refractivity contribution in [2.45, 2.75) is 18.8 Å². The lowest BCUT2D eigenvalue weighted by molar-refractivity contribution is -0.615. The Bertz CT molecular complexity index is 1920. The minimum absolute atomic E-state index is 0.0488. The molecule has 5 heterocycles. The van der Waals surface area contributed by atoms with Gasteiger partial charge in [0.1, 0.15) is 18.3 Å². The molecule has 1 aromatic carbocycles. The maximum Gasteiger partial charge on any atom is 0.433 e. The van der Waals surface area contributed by atoms with Crippen molar-refractivity contribution in [1.82, 2.24) is 49.7 Å². The van der Waals surface area contributed by atoms with Crippen molar-refractivity contribution in [2.75, 3.05) is 0 Å². The van der Waals surface area contributed by atoms with Gasteiger partial charge in [0.05, 0.1) is 52.7 Å². The van der Waals surface area contributed by atoms with Crippen LogP contribution in [0.2, 0.25) is 5.02 Å². The second-order valence-electron chi connectivity index (χ2n) is 9.07. The number of tetrazole rings is 1. The summed E-state index contributed by atoms with van der Waals surface area (Å²) in [5.41, 5.74) is -0.638. The first-order chi connectivity index (χ1) is 20.6. The van der Waals surface area contributed by atoms with Gasteiger partial charge in [0.25, 0.3) is 0 Å². The van der Waals surface area contributed by atoms with E-state index in [0.29, 0.717) is 4.73 Å². The molecule has 43 heavy (non-hydrogen) atoms. The normalized spacial score (nSPS) is 12.5. The van der Waals surface area contributed by atoms with Crippen LogP contribution in [-0.4, -0.2) is 49.7 Å². The second-order valence-corrected chi connectivity index (χ2v) is 9.48. The number of aromatic nitrogens is 11. The van der Waals surface area contributed by atoms with Gasteiger partial charge in [-0.2, -0.15) is 32.8 Å². The molecule has 0 amide bonds. The fourth-order valence-electron chi connectivity index (χ4n) is 4.42. The van der Waals surface area contributed by atoms with E-state index in [2.05, 4.69) is 35.7 Å². The van der Waals surface area contributed by atoms with Gasteiger partial charge >= 0.3 is 6.18 Å². The summed E-state index contributed by atoms with van der Waals surface area (Å²) in [6, 6.07) is 5.49. The van der Waals surface area contributed by atoms with E-state index in [1.807, 2.05) is 0 Å². The van der Waals surface area contributed by atoms with E-state index in [1.54, 1.807) is 0 Å². The summed E-state index contributed by atoms with van der Waals surface area (Å²) in [5, 5.41) is 32.3. The molecule has 0 saturated carbocycles. The Balaban J connectivity index is 1.42. The van der Waals surface area contributed by atoms with Gasteiger partial charge in [-0.1, -0.05) is 11.6 Å². The third-order valence-electron chi connectivity index (χ3n) is 6.38. The van der Waals surface area contributed by atoms with Gasteiger partial charge in [-0.05, 0) is 34.7 Å². The van der Waals surface area contributed by atoms with E-state index < -0.39 is 29.5 Å². The summed E-state index contributed by atoms with van der Waals surface area (Å²) in [7, 11) is 0. The van der Waals surface area contributed by atoms with Crippen LogP contribution in [0, 0.1) is 16.8 Å². The van der Waals surface area contributed by atoms with Crippen molar-refractivity contribution in [3.8, 4) is 28.1 Å². The van der Waals surface area contributed by atoms with E-state index in [1.165, 1.54) is 57.0 Å². The molecule has 0 bridgehead atoms. The molecule has 0 fully saturated rings. The fraction of sp³-hybridized carbons (Fsp3) is 0.120. The highest BCUT2D eigenvalue weighted by Gasteiger charge is 2.33. The molecule has 0 N–H and O–H groups in total. The number of hydrogen-bond acceptors (Lipinski definition) is 8. The molecule has 0 saturated heterocycles.